The first kappa shape index (κ1) is 11.5. The Morgan fingerprint density at radius 2 is 2.18 bits per heavy atom. The van der Waals surface area contributed by atoms with E-state index in [4.69, 9.17) is 14.9 Å². The third-order valence-corrected chi connectivity index (χ3v) is 2.50. The van der Waals surface area contributed by atoms with E-state index < -0.39 is 0 Å². The molecule has 90 valence electrons. The summed E-state index contributed by atoms with van der Waals surface area (Å²) in [6.45, 7) is 0.875. The van der Waals surface area contributed by atoms with Crippen LogP contribution in [0.4, 0.5) is 0 Å². The lowest BCUT2D eigenvalue weighted by molar-refractivity contribution is 0.271. The van der Waals surface area contributed by atoms with Crippen molar-refractivity contribution in [2.75, 3.05) is 13.2 Å². The van der Waals surface area contributed by atoms with Crippen LogP contribution >= 0.6 is 0 Å². The number of phenols is 1. The second-order valence-corrected chi connectivity index (χ2v) is 3.76. The molecule has 4 nitrogen and oxygen atoms in total. The highest BCUT2D eigenvalue weighted by Crippen LogP contribution is 2.21. The molecule has 0 saturated carbocycles. The van der Waals surface area contributed by atoms with Crippen molar-refractivity contribution in [3.8, 4) is 11.5 Å². The average molecular weight is 233 g/mol. The predicted octanol–water partition coefficient (Wildman–Crippen LogP) is 2.11. The van der Waals surface area contributed by atoms with Crippen LogP contribution < -0.4 is 10.5 Å². The maximum atomic E-state index is 9.30. The van der Waals surface area contributed by atoms with Gasteiger partial charge >= 0.3 is 0 Å². The lowest BCUT2D eigenvalue weighted by atomic mass is 10.1. The molecule has 0 bridgehead atoms. The number of phenolic OH excluding ortho intramolecular Hbond substituents is 1. The first-order valence-corrected chi connectivity index (χ1v) is 5.45. The fraction of sp³-hybridized carbons (Fsp3) is 0.231. The fourth-order valence-corrected chi connectivity index (χ4v) is 1.56. The molecule has 2 rings (SSSR count). The van der Waals surface area contributed by atoms with E-state index in [2.05, 4.69) is 0 Å². The molecule has 1 heterocycles. The van der Waals surface area contributed by atoms with Gasteiger partial charge < -0.3 is 20.0 Å². The minimum absolute atomic E-state index is 0.0207. The summed E-state index contributed by atoms with van der Waals surface area (Å²) in [4.78, 5) is 0. The van der Waals surface area contributed by atoms with Gasteiger partial charge in [0.05, 0.1) is 18.8 Å². The Hall–Kier alpha value is -1.94. The largest absolute Gasteiger partial charge is 0.508 e. The number of benzene rings is 1. The third-order valence-electron chi connectivity index (χ3n) is 2.50. The van der Waals surface area contributed by atoms with E-state index in [1.807, 2.05) is 12.1 Å². The molecule has 0 saturated heterocycles. The first-order valence-electron chi connectivity index (χ1n) is 5.45. The number of nitrogens with two attached hydrogens (primary N) is 1. The molecule has 0 radical (unpaired) electrons. The quantitative estimate of drug-likeness (QED) is 0.829. The molecule has 0 aliphatic rings. The number of aromatic hydroxyl groups is 1. The first-order chi connectivity index (χ1) is 8.29. The summed E-state index contributed by atoms with van der Waals surface area (Å²) in [5.74, 6) is 1.64. The molecule has 3 N–H and O–H groups in total. The number of rotatable bonds is 5. The molecule has 0 amide bonds. The average Bonchev–Trinajstić information content (AvgIpc) is 2.84. The van der Waals surface area contributed by atoms with Gasteiger partial charge in [-0.05, 0) is 24.3 Å². The Kier molecular flexibility index (Phi) is 3.67. The van der Waals surface area contributed by atoms with Gasteiger partial charge in [-0.2, -0.15) is 0 Å². The summed E-state index contributed by atoms with van der Waals surface area (Å²) in [7, 11) is 0. The topological polar surface area (TPSA) is 68.6 Å². The molecular formula is C13H15NO3. The van der Waals surface area contributed by atoms with Crippen molar-refractivity contribution < 1.29 is 14.3 Å². The minimum Gasteiger partial charge on any atom is -0.508 e. The molecule has 0 fully saturated rings. The van der Waals surface area contributed by atoms with Gasteiger partial charge in [0.1, 0.15) is 17.3 Å². The Morgan fingerprint density at radius 1 is 1.29 bits per heavy atom. The zero-order valence-electron chi connectivity index (χ0n) is 9.37. The van der Waals surface area contributed by atoms with Crippen LogP contribution in [0, 0.1) is 0 Å². The monoisotopic (exact) mass is 233 g/mol. The van der Waals surface area contributed by atoms with Crippen LogP contribution in [0.3, 0.4) is 0 Å². The highest BCUT2D eigenvalue weighted by Gasteiger charge is 2.13. The number of ether oxygens (including phenoxy) is 1. The van der Waals surface area contributed by atoms with Crippen LogP contribution in [0.5, 0.6) is 11.5 Å². The van der Waals surface area contributed by atoms with Crippen molar-refractivity contribution >= 4 is 0 Å². The van der Waals surface area contributed by atoms with Crippen molar-refractivity contribution in [2.24, 2.45) is 5.73 Å². The van der Waals surface area contributed by atoms with E-state index >= 15 is 0 Å². The SMILES string of the molecule is NCC(COc1cccc(O)c1)c1ccco1. The summed E-state index contributed by atoms with van der Waals surface area (Å²) in [5.41, 5.74) is 5.67. The molecule has 1 atom stereocenters. The molecule has 1 aromatic carbocycles. The Bertz CT molecular complexity index is 453. The highest BCUT2D eigenvalue weighted by molar-refractivity contribution is 5.31. The number of hydrogen-bond acceptors (Lipinski definition) is 4. The molecule has 4 heteroatoms. The third kappa shape index (κ3) is 3.01. The highest BCUT2D eigenvalue weighted by atomic mass is 16.5. The lowest BCUT2D eigenvalue weighted by Gasteiger charge is -2.13. The zero-order chi connectivity index (χ0) is 12.1. The predicted molar refractivity (Wildman–Crippen MR) is 64.1 cm³/mol. The van der Waals surface area contributed by atoms with Gasteiger partial charge in [-0.3, -0.25) is 0 Å². The van der Waals surface area contributed by atoms with Crippen LogP contribution in [-0.2, 0) is 0 Å². The van der Waals surface area contributed by atoms with Crippen molar-refractivity contribution in [1.82, 2.24) is 0 Å². The molecule has 0 aliphatic carbocycles. The standard InChI is InChI=1S/C13H15NO3/c14-8-10(13-5-2-6-16-13)9-17-12-4-1-3-11(15)7-12/h1-7,10,15H,8-9,14H2. The van der Waals surface area contributed by atoms with Gasteiger partial charge in [-0.25, -0.2) is 0 Å². The van der Waals surface area contributed by atoms with Crippen LogP contribution in [0.2, 0.25) is 0 Å². The molecule has 0 spiro atoms. The molecule has 1 unspecified atom stereocenters. The van der Waals surface area contributed by atoms with Crippen molar-refractivity contribution in [2.45, 2.75) is 5.92 Å². The summed E-state index contributed by atoms with van der Waals surface area (Å²) >= 11 is 0. The number of hydrogen-bond donors (Lipinski definition) is 2. The summed E-state index contributed by atoms with van der Waals surface area (Å²) in [6.07, 6.45) is 1.62. The van der Waals surface area contributed by atoms with E-state index in [1.165, 1.54) is 0 Å². The van der Waals surface area contributed by atoms with Gasteiger partial charge in [-0.15, -0.1) is 0 Å². The van der Waals surface area contributed by atoms with E-state index in [1.54, 1.807) is 30.5 Å². The summed E-state index contributed by atoms with van der Waals surface area (Å²) in [5, 5.41) is 9.30. The summed E-state index contributed by atoms with van der Waals surface area (Å²) < 4.78 is 10.9. The van der Waals surface area contributed by atoms with Gasteiger partial charge in [-0.1, -0.05) is 6.07 Å². The zero-order valence-corrected chi connectivity index (χ0v) is 9.37. The smallest absolute Gasteiger partial charge is 0.123 e. The Labute approximate surface area is 99.6 Å². The van der Waals surface area contributed by atoms with Crippen LogP contribution in [0.1, 0.15) is 11.7 Å². The van der Waals surface area contributed by atoms with Crippen molar-refractivity contribution in [3.05, 3.63) is 48.4 Å². The Morgan fingerprint density at radius 3 is 2.82 bits per heavy atom. The van der Waals surface area contributed by atoms with E-state index in [0.29, 0.717) is 18.9 Å². The second kappa shape index (κ2) is 5.41. The van der Waals surface area contributed by atoms with Crippen molar-refractivity contribution in [3.63, 3.8) is 0 Å². The van der Waals surface area contributed by atoms with Gasteiger partial charge in [0.15, 0.2) is 0 Å². The normalized spacial score (nSPS) is 12.3. The fourth-order valence-electron chi connectivity index (χ4n) is 1.56. The van der Waals surface area contributed by atoms with E-state index in [9.17, 15) is 5.11 Å². The Balaban J connectivity index is 1.97. The molecule has 1 aromatic heterocycles. The molecule has 0 aliphatic heterocycles. The maximum Gasteiger partial charge on any atom is 0.123 e. The molecule has 17 heavy (non-hydrogen) atoms. The van der Waals surface area contributed by atoms with Crippen molar-refractivity contribution in [1.29, 1.82) is 0 Å². The second-order valence-electron chi connectivity index (χ2n) is 3.76. The molecular weight excluding hydrogens is 218 g/mol. The van der Waals surface area contributed by atoms with Crippen LogP contribution in [0.15, 0.2) is 47.1 Å². The lowest BCUT2D eigenvalue weighted by Crippen LogP contribution is -2.19. The van der Waals surface area contributed by atoms with E-state index in [-0.39, 0.29) is 11.7 Å². The van der Waals surface area contributed by atoms with Crippen LogP contribution in [0.25, 0.3) is 0 Å². The maximum absolute atomic E-state index is 9.30. The minimum atomic E-state index is 0.0207. The van der Waals surface area contributed by atoms with Gasteiger partial charge in [0, 0.05) is 12.6 Å². The summed E-state index contributed by atoms with van der Waals surface area (Å²) in [6, 6.07) is 10.4. The van der Waals surface area contributed by atoms with Gasteiger partial charge in [0.25, 0.3) is 0 Å². The molecule has 2 aromatic rings. The van der Waals surface area contributed by atoms with E-state index in [0.717, 1.165) is 5.76 Å². The van der Waals surface area contributed by atoms with Crippen LogP contribution in [-0.4, -0.2) is 18.3 Å². The van der Waals surface area contributed by atoms with Gasteiger partial charge in [0.2, 0.25) is 0 Å². The number of furan rings is 1.